The molecule has 1 aliphatic heterocycles. The van der Waals surface area contributed by atoms with Gasteiger partial charge in [-0.1, -0.05) is 25.1 Å². The standard InChI is InChI=1S/C29H27N3O8/c1-3-14-39-23-11-9-21(10-12-23)31-28(34)24(27(33)30-29(31)35)16-19-8-13-25(26(17-19)38-4-2)40-18-20-6-5-7-22(15-20)32(36)37/h5-13,15-17H,3-4,14,18H2,1-2H3,(H,30,33,35)/b24-16-. The van der Waals surface area contributed by atoms with Crippen molar-refractivity contribution in [1.82, 2.24) is 5.32 Å². The average Bonchev–Trinajstić information content (AvgIpc) is 2.94. The van der Waals surface area contributed by atoms with Gasteiger partial charge in [0.1, 0.15) is 17.9 Å². The number of hydrogen-bond acceptors (Lipinski definition) is 8. The van der Waals surface area contributed by atoms with Crippen LogP contribution in [0.2, 0.25) is 0 Å². The lowest BCUT2D eigenvalue weighted by Crippen LogP contribution is -2.54. The minimum atomic E-state index is -0.853. The van der Waals surface area contributed by atoms with Crippen molar-refractivity contribution in [3.63, 3.8) is 0 Å². The molecule has 0 spiro atoms. The van der Waals surface area contributed by atoms with Gasteiger partial charge in [0.25, 0.3) is 17.5 Å². The molecule has 3 aromatic rings. The molecule has 4 rings (SSSR count). The van der Waals surface area contributed by atoms with Gasteiger partial charge in [-0.2, -0.15) is 0 Å². The molecule has 0 aromatic heterocycles. The molecule has 0 saturated carbocycles. The summed E-state index contributed by atoms with van der Waals surface area (Å²) in [6, 6.07) is 16.5. The van der Waals surface area contributed by atoms with E-state index < -0.39 is 22.8 Å². The Bertz CT molecular complexity index is 1470. The molecule has 1 saturated heterocycles. The Kier molecular flexibility index (Phi) is 8.75. The number of hydrogen-bond donors (Lipinski definition) is 1. The number of benzene rings is 3. The number of nitro groups is 1. The number of nitrogens with one attached hydrogen (secondary N) is 1. The third-order valence-corrected chi connectivity index (χ3v) is 5.76. The molecule has 40 heavy (non-hydrogen) atoms. The van der Waals surface area contributed by atoms with Gasteiger partial charge in [0.05, 0.1) is 23.8 Å². The molecular weight excluding hydrogens is 518 g/mol. The Morgan fingerprint density at radius 1 is 0.925 bits per heavy atom. The zero-order valence-electron chi connectivity index (χ0n) is 21.9. The fraction of sp³-hybridized carbons (Fsp3) is 0.207. The van der Waals surface area contributed by atoms with Crippen LogP contribution in [-0.4, -0.2) is 36.0 Å². The van der Waals surface area contributed by atoms with Gasteiger partial charge in [-0.25, -0.2) is 9.69 Å². The molecule has 11 heteroatoms. The fourth-order valence-electron chi connectivity index (χ4n) is 3.89. The van der Waals surface area contributed by atoms with E-state index in [1.807, 2.05) is 6.92 Å². The Balaban J connectivity index is 1.56. The summed E-state index contributed by atoms with van der Waals surface area (Å²) in [5.74, 6) is -0.282. The highest BCUT2D eigenvalue weighted by atomic mass is 16.6. The van der Waals surface area contributed by atoms with E-state index in [4.69, 9.17) is 14.2 Å². The molecular formula is C29H27N3O8. The van der Waals surface area contributed by atoms with Gasteiger partial charge in [-0.15, -0.1) is 0 Å². The topological polar surface area (TPSA) is 137 Å². The van der Waals surface area contributed by atoms with E-state index in [9.17, 15) is 24.5 Å². The quantitative estimate of drug-likeness (QED) is 0.153. The summed E-state index contributed by atoms with van der Waals surface area (Å²) in [5.41, 5.74) is 1.06. The van der Waals surface area contributed by atoms with E-state index in [0.29, 0.717) is 41.6 Å². The number of nitrogens with zero attached hydrogens (tertiary/aromatic N) is 2. The number of rotatable bonds is 11. The predicted octanol–water partition coefficient (Wildman–Crippen LogP) is 5.03. The van der Waals surface area contributed by atoms with Crippen LogP contribution in [0.3, 0.4) is 0 Å². The first-order valence-corrected chi connectivity index (χ1v) is 12.6. The lowest BCUT2D eigenvalue weighted by Gasteiger charge is -2.26. The summed E-state index contributed by atoms with van der Waals surface area (Å²) in [6.45, 7) is 4.67. The molecule has 0 bridgehead atoms. The smallest absolute Gasteiger partial charge is 0.335 e. The zero-order valence-corrected chi connectivity index (χ0v) is 21.9. The van der Waals surface area contributed by atoms with Gasteiger partial charge in [-0.3, -0.25) is 25.0 Å². The lowest BCUT2D eigenvalue weighted by molar-refractivity contribution is -0.384. The van der Waals surface area contributed by atoms with E-state index in [2.05, 4.69) is 5.32 Å². The number of anilines is 1. The van der Waals surface area contributed by atoms with Crippen LogP contribution in [0.15, 0.2) is 72.3 Å². The third kappa shape index (κ3) is 6.44. The molecule has 4 amide bonds. The maximum absolute atomic E-state index is 13.3. The number of imide groups is 2. The normalized spacial score (nSPS) is 14.2. The van der Waals surface area contributed by atoms with Crippen LogP contribution in [-0.2, 0) is 16.2 Å². The average molecular weight is 546 g/mol. The third-order valence-electron chi connectivity index (χ3n) is 5.76. The van der Waals surface area contributed by atoms with Crippen LogP contribution in [0.1, 0.15) is 31.4 Å². The number of barbiturate groups is 1. The monoisotopic (exact) mass is 545 g/mol. The van der Waals surface area contributed by atoms with Crippen LogP contribution < -0.4 is 24.4 Å². The van der Waals surface area contributed by atoms with Gasteiger partial charge < -0.3 is 14.2 Å². The SMILES string of the molecule is CCCOc1ccc(N2C(=O)NC(=O)/C(=C/c3ccc(OCc4cccc([N+](=O)[O-])c4)c(OCC)c3)C2=O)cc1. The van der Waals surface area contributed by atoms with E-state index in [1.165, 1.54) is 18.2 Å². The van der Waals surface area contributed by atoms with Crippen molar-refractivity contribution < 1.29 is 33.5 Å². The number of carbonyl (C=O) groups is 3. The van der Waals surface area contributed by atoms with Gasteiger partial charge in [0, 0.05) is 12.1 Å². The number of amides is 4. The van der Waals surface area contributed by atoms with Crippen molar-refractivity contribution in [3.8, 4) is 17.2 Å². The molecule has 0 radical (unpaired) electrons. The first kappa shape index (κ1) is 27.8. The van der Waals surface area contributed by atoms with Crippen LogP contribution in [0, 0.1) is 10.1 Å². The first-order chi connectivity index (χ1) is 19.3. The van der Waals surface area contributed by atoms with E-state index in [0.717, 1.165) is 11.3 Å². The number of ether oxygens (including phenoxy) is 3. The van der Waals surface area contributed by atoms with Gasteiger partial charge in [-0.05, 0) is 66.9 Å². The minimum absolute atomic E-state index is 0.0446. The Labute approximate surface area is 230 Å². The van der Waals surface area contributed by atoms with Gasteiger partial charge >= 0.3 is 6.03 Å². The van der Waals surface area contributed by atoms with Crippen molar-refractivity contribution in [2.75, 3.05) is 18.1 Å². The van der Waals surface area contributed by atoms with Crippen LogP contribution >= 0.6 is 0 Å². The molecule has 206 valence electrons. The molecule has 0 unspecified atom stereocenters. The second kappa shape index (κ2) is 12.6. The van der Waals surface area contributed by atoms with Crippen LogP contribution in [0.25, 0.3) is 6.08 Å². The highest BCUT2D eigenvalue weighted by Crippen LogP contribution is 2.31. The molecule has 1 aliphatic rings. The molecule has 0 aliphatic carbocycles. The lowest BCUT2D eigenvalue weighted by atomic mass is 10.1. The molecule has 11 nitrogen and oxygen atoms in total. The molecule has 0 atom stereocenters. The van der Waals surface area contributed by atoms with Crippen molar-refractivity contribution >= 4 is 35.3 Å². The summed E-state index contributed by atoms with van der Waals surface area (Å²) in [4.78, 5) is 49.9. The highest BCUT2D eigenvalue weighted by Gasteiger charge is 2.36. The van der Waals surface area contributed by atoms with Crippen molar-refractivity contribution in [2.24, 2.45) is 0 Å². The maximum atomic E-state index is 13.3. The molecule has 1 heterocycles. The van der Waals surface area contributed by atoms with Gasteiger partial charge in [0.15, 0.2) is 11.5 Å². The highest BCUT2D eigenvalue weighted by molar-refractivity contribution is 6.39. The van der Waals surface area contributed by atoms with Crippen molar-refractivity contribution in [3.05, 3.63) is 93.5 Å². The summed E-state index contributed by atoms with van der Waals surface area (Å²) in [5, 5.41) is 13.2. The van der Waals surface area contributed by atoms with E-state index in [1.54, 1.807) is 61.5 Å². The van der Waals surface area contributed by atoms with Crippen LogP contribution in [0.5, 0.6) is 17.2 Å². The summed E-state index contributed by atoms with van der Waals surface area (Å²) < 4.78 is 17.1. The van der Waals surface area contributed by atoms with E-state index in [-0.39, 0.29) is 23.6 Å². The summed E-state index contributed by atoms with van der Waals surface area (Å²) in [7, 11) is 0. The van der Waals surface area contributed by atoms with E-state index >= 15 is 0 Å². The number of urea groups is 1. The minimum Gasteiger partial charge on any atom is -0.494 e. The molecule has 1 fully saturated rings. The fourth-order valence-corrected chi connectivity index (χ4v) is 3.89. The maximum Gasteiger partial charge on any atom is 0.335 e. The second-order valence-corrected chi connectivity index (χ2v) is 8.66. The molecule has 1 N–H and O–H groups in total. The predicted molar refractivity (Wildman–Crippen MR) is 146 cm³/mol. The Morgan fingerprint density at radius 3 is 2.40 bits per heavy atom. The Hall–Kier alpha value is -5.19. The summed E-state index contributed by atoms with van der Waals surface area (Å²) in [6.07, 6.45) is 2.20. The largest absolute Gasteiger partial charge is 0.494 e. The summed E-state index contributed by atoms with van der Waals surface area (Å²) >= 11 is 0. The zero-order chi connectivity index (χ0) is 28.6. The Morgan fingerprint density at radius 2 is 1.70 bits per heavy atom. The van der Waals surface area contributed by atoms with Gasteiger partial charge in [0.2, 0.25) is 0 Å². The number of nitro benzene ring substituents is 1. The first-order valence-electron chi connectivity index (χ1n) is 12.6. The van der Waals surface area contributed by atoms with Crippen molar-refractivity contribution in [1.29, 1.82) is 0 Å². The van der Waals surface area contributed by atoms with Crippen LogP contribution in [0.4, 0.5) is 16.2 Å². The van der Waals surface area contributed by atoms with Crippen molar-refractivity contribution in [2.45, 2.75) is 26.9 Å². The second-order valence-electron chi connectivity index (χ2n) is 8.66. The number of non-ortho nitro benzene ring substituents is 1. The molecule has 3 aromatic carbocycles. The number of carbonyl (C=O) groups excluding carboxylic acids is 3.